The van der Waals surface area contributed by atoms with Crippen molar-refractivity contribution >= 4 is 28.9 Å². The summed E-state index contributed by atoms with van der Waals surface area (Å²) in [6.07, 6.45) is 0.533. The number of hydrogen-bond donors (Lipinski definition) is 0. The molecule has 0 N–H and O–H groups in total. The first-order chi connectivity index (χ1) is 14.6. The van der Waals surface area contributed by atoms with Crippen molar-refractivity contribution in [1.82, 2.24) is 0 Å². The number of rotatable bonds is 3. The Morgan fingerprint density at radius 3 is 2.27 bits per heavy atom. The monoisotopic (exact) mass is 403 g/mol. The average molecular weight is 403 g/mol. The first kappa shape index (κ1) is 17.3. The maximum atomic E-state index is 13.3. The molecule has 3 fully saturated rings. The van der Waals surface area contributed by atoms with Crippen LogP contribution >= 0.6 is 0 Å². The molecule has 4 aliphatic rings. The van der Waals surface area contributed by atoms with Gasteiger partial charge < -0.3 is 4.84 Å². The number of fused-ring (bicyclic) bond motifs is 8. The quantitative estimate of drug-likeness (QED) is 0.445. The van der Waals surface area contributed by atoms with Crippen LogP contribution in [0.5, 0.6) is 0 Å². The third kappa shape index (κ3) is 2.13. The summed E-state index contributed by atoms with van der Waals surface area (Å²) in [4.78, 5) is 44.1. The molecule has 2 heterocycles. The summed E-state index contributed by atoms with van der Waals surface area (Å²) in [5.41, 5.74) is 2.10. The first-order valence-corrected chi connectivity index (χ1v) is 9.97. The second-order valence-electron chi connectivity index (χ2n) is 8.34. The standard InChI is InChI=1S/C22H17N3O5/c26-21-16-14-10-15(17(16)22(27)24(21)12-4-2-1-3-5-12)20-18(14)19(23-30-20)11-6-8-13(9-7-11)25(28)29/h1-9,14-18,20H,10H2/t14-,15+,16+,17+,18+,20-/m1/s1. The molecule has 6 rings (SSSR count). The van der Waals surface area contributed by atoms with E-state index >= 15 is 0 Å². The van der Waals surface area contributed by atoms with Crippen LogP contribution in [0, 0.1) is 39.7 Å². The number of nitrogens with zero attached hydrogens (tertiary/aromatic N) is 3. The van der Waals surface area contributed by atoms with Gasteiger partial charge in [0, 0.05) is 29.5 Å². The van der Waals surface area contributed by atoms with Crippen LogP contribution in [-0.2, 0) is 14.4 Å². The van der Waals surface area contributed by atoms with Crippen molar-refractivity contribution < 1.29 is 19.3 Å². The van der Waals surface area contributed by atoms with E-state index < -0.39 is 4.92 Å². The fourth-order valence-electron chi connectivity index (χ4n) is 5.95. The molecule has 0 radical (unpaired) electrons. The van der Waals surface area contributed by atoms with Crippen LogP contribution in [0.15, 0.2) is 59.8 Å². The largest absolute Gasteiger partial charge is 0.391 e. The van der Waals surface area contributed by atoms with Gasteiger partial charge in [0.05, 0.1) is 28.2 Å². The minimum atomic E-state index is -0.442. The number of benzene rings is 2. The van der Waals surface area contributed by atoms with Crippen LogP contribution in [0.3, 0.4) is 0 Å². The van der Waals surface area contributed by atoms with E-state index in [9.17, 15) is 19.7 Å². The molecule has 2 bridgehead atoms. The molecule has 2 aromatic carbocycles. The van der Waals surface area contributed by atoms with Gasteiger partial charge in [-0.15, -0.1) is 0 Å². The maximum Gasteiger partial charge on any atom is 0.269 e. The Balaban J connectivity index is 1.33. The van der Waals surface area contributed by atoms with E-state index in [1.807, 2.05) is 18.2 Å². The minimum Gasteiger partial charge on any atom is -0.391 e. The number of amides is 2. The highest BCUT2D eigenvalue weighted by Gasteiger charge is 2.70. The van der Waals surface area contributed by atoms with E-state index in [0.29, 0.717) is 5.69 Å². The van der Waals surface area contributed by atoms with Crippen molar-refractivity contribution in [3.63, 3.8) is 0 Å². The lowest BCUT2D eigenvalue weighted by molar-refractivity contribution is -0.384. The molecule has 2 saturated carbocycles. The third-order valence-corrected chi connectivity index (χ3v) is 7.08. The van der Waals surface area contributed by atoms with Gasteiger partial charge in [0.15, 0.2) is 0 Å². The second kappa shape index (κ2) is 5.98. The van der Waals surface area contributed by atoms with Gasteiger partial charge in [-0.2, -0.15) is 0 Å². The number of para-hydroxylation sites is 1. The number of imide groups is 1. The lowest BCUT2D eigenvalue weighted by Crippen LogP contribution is -2.41. The van der Waals surface area contributed by atoms with Crippen LogP contribution in [0.25, 0.3) is 0 Å². The molecule has 8 nitrogen and oxygen atoms in total. The Morgan fingerprint density at radius 2 is 1.60 bits per heavy atom. The Kier molecular flexibility index (Phi) is 3.45. The molecule has 2 amide bonds. The van der Waals surface area contributed by atoms with Gasteiger partial charge in [-0.3, -0.25) is 24.6 Å². The summed E-state index contributed by atoms with van der Waals surface area (Å²) in [6.45, 7) is 0. The highest BCUT2D eigenvalue weighted by atomic mass is 16.6. The molecule has 0 spiro atoms. The summed E-state index contributed by atoms with van der Waals surface area (Å²) < 4.78 is 0. The SMILES string of the molecule is O=C1[C@H]2[C@@H]3C[C@@H]([C@H]4C(c5ccc([N+](=O)[O-])cc5)=NO[C@H]34)[C@@H]2C(=O)N1c1ccccc1. The van der Waals surface area contributed by atoms with E-state index in [-0.39, 0.29) is 53.2 Å². The van der Waals surface area contributed by atoms with E-state index in [1.165, 1.54) is 17.0 Å². The van der Waals surface area contributed by atoms with Crippen LogP contribution in [0.1, 0.15) is 12.0 Å². The van der Waals surface area contributed by atoms with Crippen LogP contribution in [0.4, 0.5) is 11.4 Å². The molecular weight excluding hydrogens is 386 g/mol. The van der Waals surface area contributed by atoms with Crippen molar-refractivity contribution in [3.8, 4) is 0 Å². The van der Waals surface area contributed by atoms with Gasteiger partial charge in [0.25, 0.3) is 5.69 Å². The maximum absolute atomic E-state index is 13.3. The highest BCUT2D eigenvalue weighted by molar-refractivity contribution is 6.23. The fourth-order valence-corrected chi connectivity index (χ4v) is 5.95. The third-order valence-electron chi connectivity index (χ3n) is 7.08. The number of hydrogen-bond acceptors (Lipinski definition) is 6. The zero-order chi connectivity index (χ0) is 20.6. The van der Waals surface area contributed by atoms with Crippen LogP contribution in [-0.4, -0.2) is 28.6 Å². The van der Waals surface area contributed by atoms with Gasteiger partial charge >= 0.3 is 0 Å². The lowest BCUT2D eigenvalue weighted by Gasteiger charge is -2.29. The Labute approximate surface area is 171 Å². The molecule has 2 aromatic rings. The van der Waals surface area contributed by atoms with Gasteiger partial charge in [0.1, 0.15) is 6.10 Å². The molecule has 30 heavy (non-hydrogen) atoms. The molecule has 8 heteroatoms. The van der Waals surface area contributed by atoms with Gasteiger partial charge in [-0.05, 0) is 36.6 Å². The summed E-state index contributed by atoms with van der Waals surface area (Å²) in [5.74, 6) is -1.16. The van der Waals surface area contributed by atoms with E-state index in [1.54, 1.807) is 24.3 Å². The zero-order valence-corrected chi connectivity index (χ0v) is 15.8. The Bertz CT molecular complexity index is 1110. The first-order valence-electron chi connectivity index (χ1n) is 9.97. The summed E-state index contributed by atoms with van der Waals surface area (Å²) in [6, 6.07) is 15.3. The normalized spacial score (nSPS) is 33.3. The van der Waals surface area contributed by atoms with Crippen molar-refractivity contribution in [3.05, 3.63) is 70.3 Å². The van der Waals surface area contributed by atoms with Gasteiger partial charge in [-0.1, -0.05) is 23.4 Å². The molecule has 2 aliphatic heterocycles. The lowest BCUT2D eigenvalue weighted by atomic mass is 9.71. The second-order valence-corrected chi connectivity index (χ2v) is 8.34. The molecule has 1 saturated heterocycles. The summed E-state index contributed by atoms with van der Waals surface area (Å²) >= 11 is 0. The van der Waals surface area contributed by atoms with Crippen molar-refractivity contribution in [2.45, 2.75) is 12.5 Å². The predicted molar refractivity (Wildman–Crippen MR) is 106 cm³/mol. The fraction of sp³-hybridized carbons (Fsp3) is 0.318. The molecule has 0 aromatic heterocycles. The summed E-state index contributed by atoms with van der Waals surface area (Å²) in [7, 11) is 0. The molecular formula is C22H17N3O5. The van der Waals surface area contributed by atoms with Crippen molar-refractivity contribution in [2.24, 2.45) is 34.7 Å². The van der Waals surface area contributed by atoms with Crippen LogP contribution < -0.4 is 4.90 Å². The number of non-ortho nitro benzene ring substituents is 1. The van der Waals surface area contributed by atoms with Crippen molar-refractivity contribution in [2.75, 3.05) is 4.90 Å². The smallest absolute Gasteiger partial charge is 0.269 e. The Morgan fingerprint density at radius 1 is 0.933 bits per heavy atom. The number of carbonyl (C=O) groups excluding carboxylic acids is 2. The highest BCUT2D eigenvalue weighted by Crippen LogP contribution is 2.62. The predicted octanol–water partition coefficient (Wildman–Crippen LogP) is 2.77. The van der Waals surface area contributed by atoms with E-state index in [4.69, 9.17) is 4.84 Å². The Hall–Kier alpha value is -3.55. The average Bonchev–Trinajstić information content (AvgIpc) is 3.49. The van der Waals surface area contributed by atoms with Gasteiger partial charge in [0.2, 0.25) is 11.8 Å². The number of anilines is 1. The summed E-state index contributed by atoms with van der Waals surface area (Å²) in [5, 5.41) is 15.2. The van der Waals surface area contributed by atoms with E-state index in [0.717, 1.165) is 17.7 Å². The number of nitro groups is 1. The van der Waals surface area contributed by atoms with Gasteiger partial charge in [-0.25, -0.2) is 0 Å². The minimum absolute atomic E-state index is 0.0119. The zero-order valence-electron chi connectivity index (χ0n) is 15.8. The number of nitro benzene ring substituents is 1. The molecule has 150 valence electrons. The topological polar surface area (TPSA) is 102 Å². The van der Waals surface area contributed by atoms with Crippen molar-refractivity contribution in [1.29, 1.82) is 0 Å². The molecule has 2 aliphatic carbocycles. The number of oxime groups is 1. The molecule has 0 unspecified atom stereocenters. The molecule has 6 atom stereocenters. The number of carbonyl (C=O) groups is 2. The van der Waals surface area contributed by atoms with E-state index in [2.05, 4.69) is 5.16 Å². The van der Waals surface area contributed by atoms with Crippen LogP contribution in [0.2, 0.25) is 0 Å².